The monoisotopic (exact) mass is 344 g/mol. The van der Waals surface area contributed by atoms with Gasteiger partial charge in [-0.25, -0.2) is 4.79 Å². The van der Waals surface area contributed by atoms with E-state index in [1.165, 1.54) is 6.07 Å². The Morgan fingerprint density at radius 1 is 1.08 bits per heavy atom. The van der Waals surface area contributed by atoms with Crippen LogP contribution in [0, 0.1) is 6.92 Å². The van der Waals surface area contributed by atoms with Gasteiger partial charge in [-0.1, -0.05) is 24.6 Å². The van der Waals surface area contributed by atoms with Crippen molar-refractivity contribution in [3.63, 3.8) is 0 Å². The Morgan fingerprint density at radius 3 is 2.32 bits per heavy atom. The fraction of sp³-hybridized carbons (Fsp3) is 0.278. The van der Waals surface area contributed by atoms with Crippen LogP contribution in [0.5, 0.6) is 0 Å². The van der Waals surface area contributed by atoms with Crippen LogP contribution in [0.2, 0.25) is 0 Å². The van der Waals surface area contributed by atoms with Gasteiger partial charge in [0.1, 0.15) is 11.3 Å². The van der Waals surface area contributed by atoms with E-state index in [-0.39, 0.29) is 36.1 Å². The minimum Gasteiger partial charge on any atom is -0.478 e. The van der Waals surface area contributed by atoms with Crippen molar-refractivity contribution in [2.24, 2.45) is 0 Å². The first-order valence-corrected chi connectivity index (χ1v) is 7.91. The van der Waals surface area contributed by atoms with Crippen LogP contribution in [0.4, 0.5) is 0 Å². The zero-order valence-electron chi connectivity index (χ0n) is 14.1. The first kappa shape index (κ1) is 18.3. The SMILES string of the molecule is CCc1oc(C(=O)NCCNC(=O)c2cccc(C)c2)cc1C(=O)O. The fourth-order valence-electron chi connectivity index (χ4n) is 2.31. The lowest BCUT2D eigenvalue weighted by Gasteiger charge is -2.06. The van der Waals surface area contributed by atoms with Crippen LogP contribution in [-0.2, 0) is 6.42 Å². The number of carbonyl (C=O) groups excluding carboxylic acids is 2. The molecule has 2 rings (SSSR count). The van der Waals surface area contributed by atoms with Crippen LogP contribution >= 0.6 is 0 Å². The van der Waals surface area contributed by atoms with Gasteiger partial charge in [0.2, 0.25) is 0 Å². The van der Waals surface area contributed by atoms with E-state index in [4.69, 9.17) is 9.52 Å². The third kappa shape index (κ3) is 4.69. The van der Waals surface area contributed by atoms with E-state index in [1.54, 1.807) is 25.1 Å². The average Bonchev–Trinajstić information content (AvgIpc) is 3.03. The Kier molecular flexibility index (Phi) is 5.94. The average molecular weight is 344 g/mol. The summed E-state index contributed by atoms with van der Waals surface area (Å²) < 4.78 is 5.27. The van der Waals surface area contributed by atoms with Gasteiger partial charge in [-0.2, -0.15) is 0 Å². The van der Waals surface area contributed by atoms with E-state index in [0.717, 1.165) is 5.56 Å². The van der Waals surface area contributed by atoms with Crippen molar-refractivity contribution in [1.29, 1.82) is 0 Å². The number of furan rings is 1. The molecule has 2 aromatic rings. The van der Waals surface area contributed by atoms with Gasteiger partial charge in [0, 0.05) is 31.1 Å². The molecule has 2 amide bonds. The van der Waals surface area contributed by atoms with Gasteiger partial charge in [0.25, 0.3) is 11.8 Å². The maximum Gasteiger partial charge on any atom is 0.339 e. The van der Waals surface area contributed by atoms with Crippen molar-refractivity contribution in [3.8, 4) is 0 Å². The van der Waals surface area contributed by atoms with Crippen LogP contribution in [0.1, 0.15) is 49.5 Å². The lowest BCUT2D eigenvalue weighted by molar-refractivity contribution is 0.0693. The Hall–Kier alpha value is -3.09. The quantitative estimate of drug-likeness (QED) is 0.666. The van der Waals surface area contributed by atoms with E-state index in [2.05, 4.69) is 10.6 Å². The van der Waals surface area contributed by atoms with Gasteiger partial charge in [0.15, 0.2) is 5.76 Å². The van der Waals surface area contributed by atoms with Crippen molar-refractivity contribution >= 4 is 17.8 Å². The number of aromatic carboxylic acids is 1. The molecule has 0 aliphatic carbocycles. The molecule has 0 unspecified atom stereocenters. The van der Waals surface area contributed by atoms with Crippen LogP contribution in [-0.4, -0.2) is 36.0 Å². The largest absolute Gasteiger partial charge is 0.478 e. The summed E-state index contributed by atoms with van der Waals surface area (Å²) in [5.74, 6) is -1.68. The van der Waals surface area contributed by atoms with Gasteiger partial charge in [-0.3, -0.25) is 9.59 Å². The lowest BCUT2D eigenvalue weighted by Crippen LogP contribution is -2.34. The summed E-state index contributed by atoms with van der Waals surface area (Å²) in [5.41, 5.74) is 1.52. The van der Waals surface area contributed by atoms with Crippen molar-refractivity contribution in [1.82, 2.24) is 10.6 Å². The molecule has 7 heteroatoms. The molecule has 0 atom stereocenters. The number of amides is 2. The Bertz CT molecular complexity index is 795. The third-order valence-electron chi connectivity index (χ3n) is 3.56. The smallest absolute Gasteiger partial charge is 0.339 e. The highest BCUT2D eigenvalue weighted by Crippen LogP contribution is 2.16. The summed E-state index contributed by atoms with van der Waals surface area (Å²) in [6, 6.07) is 8.40. The summed E-state index contributed by atoms with van der Waals surface area (Å²) >= 11 is 0. The van der Waals surface area contributed by atoms with Crippen LogP contribution in [0.15, 0.2) is 34.7 Å². The summed E-state index contributed by atoms with van der Waals surface area (Å²) in [6.07, 6.45) is 0.376. The molecule has 0 spiro atoms. The van der Waals surface area contributed by atoms with Gasteiger partial charge in [0.05, 0.1) is 0 Å². The molecular weight excluding hydrogens is 324 g/mol. The van der Waals surface area contributed by atoms with E-state index in [1.807, 2.05) is 13.0 Å². The second-order valence-electron chi connectivity index (χ2n) is 5.49. The van der Waals surface area contributed by atoms with Crippen LogP contribution in [0.25, 0.3) is 0 Å². The summed E-state index contributed by atoms with van der Waals surface area (Å²) in [6.45, 7) is 4.08. The molecule has 0 saturated carbocycles. The highest BCUT2D eigenvalue weighted by Gasteiger charge is 2.19. The first-order chi connectivity index (χ1) is 11.9. The molecule has 132 valence electrons. The predicted octanol–water partition coefficient (Wildman–Crippen LogP) is 2.01. The Morgan fingerprint density at radius 2 is 1.76 bits per heavy atom. The molecule has 0 saturated heterocycles. The molecule has 3 N–H and O–H groups in total. The molecule has 1 heterocycles. The van der Waals surface area contributed by atoms with E-state index < -0.39 is 11.9 Å². The van der Waals surface area contributed by atoms with Crippen LogP contribution < -0.4 is 10.6 Å². The lowest BCUT2D eigenvalue weighted by atomic mass is 10.1. The summed E-state index contributed by atoms with van der Waals surface area (Å²) in [7, 11) is 0. The molecule has 0 aliphatic rings. The number of carboxylic acid groups (broad SMARTS) is 1. The normalized spacial score (nSPS) is 10.3. The van der Waals surface area contributed by atoms with Crippen molar-refractivity contribution in [3.05, 3.63) is 58.5 Å². The molecule has 25 heavy (non-hydrogen) atoms. The van der Waals surface area contributed by atoms with Crippen molar-refractivity contribution < 1.29 is 23.9 Å². The predicted molar refractivity (Wildman–Crippen MR) is 90.9 cm³/mol. The number of hydrogen-bond acceptors (Lipinski definition) is 4. The molecular formula is C18H20N2O5. The molecule has 0 radical (unpaired) electrons. The second-order valence-corrected chi connectivity index (χ2v) is 5.49. The van der Waals surface area contributed by atoms with Gasteiger partial charge in [-0.15, -0.1) is 0 Å². The summed E-state index contributed by atoms with van der Waals surface area (Å²) in [5, 5.41) is 14.3. The minimum absolute atomic E-state index is 0.0135. The van der Waals surface area contributed by atoms with E-state index in [9.17, 15) is 14.4 Å². The number of benzene rings is 1. The Balaban J connectivity index is 1.84. The van der Waals surface area contributed by atoms with E-state index in [0.29, 0.717) is 12.0 Å². The standard InChI is InChI=1S/C18H20N2O5/c1-3-14-13(18(23)24)10-15(25-14)17(22)20-8-7-19-16(21)12-6-4-5-11(2)9-12/h4-6,9-10H,3,7-8H2,1-2H3,(H,19,21)(H,20,22)(H,23,24). The Labute approximate surface area is 145 Å². The number of rotatable bonds is 7. The van der Waals surface area contributed by atoms with E-state index >= 15 is 0 Å². The van der Waals surface area contributed by atoms with Gasteiger partial charge in [-0.05, 0) is 19.1 Å². The number of aryl methyl sites for hydroxylation is 2. The first-order valence-electron chi connectivity index (χ1n) is 7.91. The summed E-state index contributed by atoms with van der Waals surface area (Å²) in [4.78, 5) is 35.0. The minimum atomic E-state index is -1.13. The van der Waals surface area contributed by atoms with Crippen molar-refractivity contribution in [2.75, 3.05) is 13.1 Å². The van der Waals surface area contributed by atoms with Crippen LogP contribution in [0.3, 0.4) is 0 Å². The number of carbonyl (C=O) groups is 3. The second kappa shape index (κ2) is 8.14. The number of carboxylic acids is 1. The molecule has 1 aromatic carbocycles. The van der Waals surface area contributed by atoms with Crippen molar-refractivity contribution in [2.45, 2.75) is 20.3 Å². The molecule has 0 bridgehead atoms. The number of nitrogens with one attached hydrogen (secondary N) is 2. The van der Waals surface area contributed by atoms with Gasteiger partial charge >= 0.3 is 5.97 Å². The highest BCUT2D eigenvalue weighted by molar-refractivity contribution is 5.96. The fourth-order valence-corrected chi connectivity index (χ4v) is 2.31. The number of hydrogen-bond donors (Lipinski definition) is 3. The maximum atomic E-state index is 12.0. The zero-order valence-corrected chi connectivity index (χ0v) is 14.1. The molecule has 0 aliphatic heterocycles. The zero-order chi connectivity index (χ0) is 18.4. The molecule has 1 aromatic heterocycles. The molecule has 0 fully saturated rings. The molecule has 7 nitrogen and oxygen atoms in total. The maximum absolute atomic E-state index is 12.0. The topological polar surface area (TPSA) is 109 Å². The third-order valence-corrected chi connectivity index (χ3v) is 3.56. The van der Waals surface area contributed by atoms with Gasteiger partial charge < -0.3 is 20.2 Å². The highest BCUT2D eigenvalue weighted by atomic mass is 16.4.